The SMILES string of the molecule is O=C(Nc1c(F)cccc1F)N1CCN(c2cnnc(N3CCOCC3)c2)CC1. The van der Waals surface area contributed by atoms with E-state index in [2.05, 4.69) is 25.3 Å². The Morgan fingerprint density at radius 1 is 1.00 bits per heavy atom. The Balaban J connectivity index is 1.36. The number of hydrogen-bond acceptors (Lipinski definition) is 6. The number of aromatic nitrogens is 2. The monoisotopic (exact) mass is 404 g/mol. The molecule has 1 aromatic carbocycles. The lowest BCUT2D eigenvalue weighted by molar-refractivity contribution is 0.122. The highest BCUT2D eigenvalue weighted by molar-refractivity contribution is 5.89. The number of anilines is 3. The minimum Gasteiger partial charge on any atom is -0.378 e. The second-order valence-corrected chi connectivity index (χ2v) is 6.87. The summed E-state index contributed by atoms with van der Waals surface area (Å²) in [6.45, 7) is 4.92. The summed E-state index contributed by atoms with van der Waals surface area (Å²) >= 11 is 0. The Kier molecular flexibility index (Phi) is 5.70. The summed E-state index contributed by atoms with van der Waals surface area (Å²) in [4.78, 5) is 18.2. The minimum atomic E-state index is -0.796. The van der Waals surface area contributed by atoms with Crippen LogP contribution < -0.4 is 15.1 Å². The zero-order valence-corrected chi connectivity index (χ0v) is 15.9. The van der Waals surface area contributed by atoms with Crippen LogP contribution in [0.2, 0.25) is 0 Å². The number of piperazine rings is 1. The Bertz CT molecular complexity index is 849. The summed E-state index contributed by atoms with van der Waals surface area (Å²) in [6, 6.07) is 4.95. The normalized spacial score (nSPS) is 17.4. The van der Waals surface area contributed by atoms with Crippen molar-refractivity contribution in [1.82, 2.24) is 15.1 Å². The Morgan fingerprint density at radius 2 is 1.69 bits per heavy atom. The highest BCUT2D eigenvalue weighted by atomic mass is 19.1. The van der Waals surface area contributed by atoms with E-state index in [9.17, 15) is 13.6 Å². The number of nitrogens with one attached hydrogen (secondary N) is 1. The van der Waals surface area contributed by atoms with Gasteiger partial charge in [-0.15, -0.1) is 5.10 Å². The van der Waals surface area contributed by atoms with Gasteiger partial charge in [0.2, 0.25) is 0 Å². The molecule has 0 aliphatic carbocycles. The third-order valence-corrected chi connectivity index (χ3v) is 5.09. The van der Waals surface area contributed by atoms with Crippen LogP contribution in [-0.4, -0.2) is 73.6 Å². The van der Waals surface area contributed by atoms with Crippen LogP contribution in [0.1, 0.15) is 0 Å². The number of urea groups is 1. The second-order valence-electron chi connectivity index (χ2n) is 6.87. The van der Waals surface area contributed by atoms with Crippen molar-refractivity contribution in [2.45, 2.75) is 0 Å². The number of carbonyl (C=O) groups excluding carboxylic acids is 1. The van der Waals surface area contributed by atoms with Crippen molar-refractivity contribution in [2.24, 2.45) is 0 Å². The van der Waals surface area contributed by atoms with Crippen LogP contribution in [0.25, 0.3) is 0 Å². The van der Waals surface area contributed by atoms with Crippen LogP contribution in [0.4, 0.5) is 30.8 Å². The van der Waals surface area contributed by atoms with Crippen molar-refractivity contribution >= 4 is 23.2 Å². The molecule has 2 saturated heterocycles. The van der Waals surface area contributed by atoms with E-state index in [1.807, 2.05) is 6.07 Å². The summed E-state index contributed by atoms with van der Waals surface area (Å²) in [7, 11) is 0. The maximum absolute atomic E-state index is 13.7. The Hall–Kier alpha value is -3.01. The van der Waals surface area contributed by atoms with Crippen LogP contribution in [0.3, 0.4) is 0 Å². The molecule has 1 aromatic heterocycles. The van der Waals surface area contributed by atoms with Crippen LogP contribution in [-0.2, 0) is 4.74 Å². The molecule has 8 nitrogen and oxygen atoms in total. The summed E-state index contributed by atoms with van der Waals surface area (Å²) in [6.07, 6.45) is 1.70. The van der Waals surface area contributed by atoms with Gasteiger partial charge >= 0.3 is 6.03 Å². The molecule has 0 spiro atoms. The molecule has 2 aliphatic heterocycles. The zero-order chi connectivity index (χ0) is 20.2. The van der Waals surface area contributed by atoms with Crippen molar-refractivity contribution in [2.75, 3.05) is 67.6 Å². The largest absolute Gasteiger partial charge is 0.378 e. The van der Waals surface area contributed by atoms with Gasteiger partial charge in [0.1, 0.15) is 17.3 Å². The molecular weight excluding hydrogens is 382 g/mol. The summed E-state index contributed by atoms with van der Waals surface area (Å²) in [5.41, 5.74) is 0.509. The molecule has 2 amide bonds. The van der Waals surface area contributed by atoms with E-state index >= 15 is 0 Å². The highest BCUT2D eigenvalue weighted by Gasteiger charge is 2.24. The number of halogens is 2. The standard InChI is InChI=1S/C19H22F2N6O2/c20-15-2-1-3-16(21)18(15)23-19(28)27-6-4-25(5-7-27)14-12-17(24-22-13-14)26-8-10-29-11-9-26/h1-3,12-13H,4-11H2,(H,23,28). The van der Waals surface area contributed by atoms with Crippen LogP contribution in [0.5, 0.6) is 0 Å². The first-order valence-electron chi connectivity index (χ1n) is 9.52. The summed E-state index contributed by atoms with van der Waals surface area (Å²) < 4.78 is 32.9. The number of benzene rings is 1. The molecule has 0 atom stereocenters. The van der Waals surface area contributed by atoms with Gasteiger partial charge < -0.3 is 24.8 Å². The number of rotatable bonds is 3. The molecule has 1 N–H and O–H groups in total. The molecule has 0 radical (unpaired) electrons. The molecule has 4 rings (SSSR count). The lowest BCUT2D eigenvalue weighted by Crippen LogP contribution is -2.50. The first kappa shape index (κ1) is 19.3. The number of morpholine rings is 1. The minimum absolute atomic E-state index is 0.423. The lowest BCUT2D eigenvalue weighted by Gasteiger charge is -2.36. The van der Waals surface area contributed by atoms with Gasteiger partial charge in [0, 0.05) is 45.3 Å². The van der Waals surface area contributed by atoms with Crippen molar-refractivity contribution in [1.29, 1.82) is 0 Å². The average molecular weight is 404 g/mol. The number of para-hydroxylation sites is 1. The second kappa shape index (κ2) is 8.56. The van der Waals surface area contributed by atoms with Crippen LogP contribution in [0.15, 0.2) is 30.5 Å². The van der Waals surface area contributed by atoms with E-state index < -0.39 is 23.4 Å². The molecule has 29 heavy (non-hydrogen) atoms. The van der Waals surface area contributed by atoms with Gasteiger partial charge in [-0.05, 0) is 12.1 Å². The van der Waals surface area contributed by atoms with Crippen LogP contribution in [0, 0.1) is 11.6 Å². The van der Waals surface area contributed by atoms with Gasteiger partial charge in [-0.3, -0.25) is 0 Å². The molecule has 0 bridgehead atoms. The van der Waals surface area contributed by atoms with Gasteiger partial charge in [0.25, 0.3) is 0 Å². The highest BCUT2D eigenvalue weighted by Crippen LogP contribution is 2.22. The van der Waals surface area contributed by atoms with Crippen LogP contribution >= 0.6 is 0 Å². The van der Waals surface area contributed by atoms with E-state index in [0.717, 1.165) is 36.7 Å². The Morgan fingerprint density at radius 3 is 2.38 bits per heavy atom. The topological polar surface area (TPSA) is 73.8 Å². The smallest absolute Gasteiger partial charge is 0.322 e. The van der Waals surface area contributed by atoms with E-state index in [-0.39, 0.29) is 0 Å². The Labute approximate surface area is 167 Å². The van der Waals surface area contributed by atoms with Gasteiger partial charge in [-0.2, -0.15) is 5.10 Å². The predicted octanol–water partition coefficient (Wildman–Crippen LogP) is 1.95. The van der Waals surface area contributed by atoms with Crippen molar-refractivity contribution < 1.29 is 18.3 Å². The third-order valence-electron chi connectivity index (χ3n) is 5.09. The zero-order valence-electron chi connectivity index (χ0n) is 15.9. The van der Waals surface area contributed by atoms with Crippen molar-refractivity contribution in [3.8, 4) is 0 Å². The third kappa shape index (κ3) is 4.37. The first-order chi connectivity index (χ1) is 14.1. The van der Waals surface area contributed by atoms with Crippen molar-refractivity contribution in [3.63, 3.8) is 0 Å². The quantitative estimate of drug-likeness (QED) is 0.843. The maximum Gasteiger partial charge on any atom is 0.322 e. The molecule has 0 saturated carbocycles. The number of nitrogens with zero attached hydrogens (tertiary/aromatic N) is 5. The number of carbonyl (C=O) groups is 1. The predicted molar refractivity (Wildman–Crippen MR) is 104 cm³/mol. The molecule has 2 aliphatic rings. The summed E-state index contributed by atoms with van der Waals surface area (Å²) in [5.74, 6) is -0.785. The molecule has 0 unspecified atom stereocenters. The maximum atomic E-state index is 13.7. The lowest BCUT2D eigenvalue weighted by atomic mass is 10.2. The molecule has 3 heterocycles. The number of hydrogen-bond donors (Lipinski definition) is 1. The van der Waals surface area contributed by atoms with Crippen molar-refractivity contribution in [3.05, 3.63) is 42.1 Å². The molecule has 2 fully saturated rings. The van der Waals surface area contributed by atoms with E-state index in [1.54, 1.807) is 11.1 Å². The molecule has 154 valence electrons. The van der Waals surface area contributed by atoms with Gasteiger partial charge in [-0.25, -0.2) is 13.6 Å². The average Bonchev–Trinajstić information content (AvgIpc) is 2.77. The van der Waals surface area contributed by atoms with E-state index in [1.165, 1.54) is 6.07 Å². The van der Waals surface area contributed by atoms with Gasteiger partial charge in [-0.1, -0.05) is 6.07 Å². The van der Waals surface area contributed by atoms with Gasteiger partial charge in [0.15, 0.2) is 5.82 Å². The summed E-state index contributed by atoms with van der Waals surface area (Å²) in [5, 5.41) is 10.7. The fourth-order valence-corrected chi connectivity index (χ4v) is 3.44. The molecule has 10 heteroatoms. The fourth-order valence-electron chi connectivity index (χ4n) is 3.44. The number of ether oxygens (including phenoxy) is 1. The van der Waals surface area contributed by atoms with E-state index in [0.29, 0.717) is 39.4 Å². The molecule has 2 aromatic rings. The van der Waals surface area contributed by atoms with Gasteiger partial charge in [0.05, 0.1) is 25.1 Å². The number of amides is 2. The fraction of sp³-hybridized carbons (Fsp3) is 0.421. The molecular formula is C19H22F2N6O2. The van der Waals surface area contributed by atoms with E-state index in [4.69, 9.17) is 4.74 Å². The first-order valence-corrected chi connectivity index (χ1v) is 9.52.